The molecule has 140 valence electrons. The van der Waals surface area contributed by atoms with Gasteiger partial charge in [0.15, 0.2) is 11.6 Å². The molecule has 3 aromatic rings. The van der Waals surface area contributed by atoms with E-state index in [-0.39, 0.29) is 0 Å². The van der Waals surface area contributed by atoms with Crippen LogP contribution in [0.15, 0.2) is 53.4 Å². The molecule has 6 nitrogen and oxygen atoms in total. The number of ether oxygens (including phenoxy) is 2. The summed E-state index contributed by atoms with van der Waals surface area (Å²) in [6, 6.07) is 9.71. The summed E-state index contributed by atoms with van der Waals surface area (Å²) in [7, 11) is 3.41. The zero-order valence-corrected chi connectivity index (χ0v) is 15.6. The van der Waals surface area contributed by atoms with Crippen molar-refractivity contribution in [3.05, 3.63) is 60.1 Å². The summed E-state index contributed by atoms with van der Waals surface area (Å²) >= 11 is 0. The van der Waals surface area contributed by atoms with E-state index in [1.165, 1.54) is 5.56 Å². The van der Waals surface area contributed by atoms with Crippen LogP contribution < -0.4 is 9.47 Å². The number of hydrogen-bond donors (Lipinski definition) is 0. The Morgan fingerprint density at radius 1 is 1.15 bits per heavy atom. The Kier molecular flexibility index (Phi) is 5.07. The third-order valence-corrected chi connectivity index (χ3v) is 5.00. The third kappa shape index (κ3) is 3.80. The first-order chi connectivity index (χ1) is 13.3. The number of hydrogen-bond acceptors (Lipinski definition) is 6. The zero-order chi connectivity index (χ0) is 18.6. The van der Waals surface area contributed by atoms with Gasteiger partial charge in [-0.15, -0.1) is 0 Å². The molecule has 2 aromatic heterocycles. The minimum atomic E-state index is 0.429. The van der Waals surface area contributed by atoms with Crippen molar-refractivity contribution in [1.82, 2.24) is 14.9 Å². The molecule has 3 heterocycles. The molecule has 4 rings (SSSR count). The molecule has 1 unspecified atom stereocenters. The van der Waals surface area contributed by atoms with E-state index in [0.717, 1.165) is 43.1 Å². The van der Waals surface area contributed by atoms with Crippen molar-refractivity contribution in [2.45, 2.75) is 18.9 Å². The minimum Gasteiger partial charge on any atom is -0.497 e. The van der Waals surface area contributed by atoms with E-state index in [1.807, 2.05) is 36.7 Å². The molecule has 1 aromatic carbocycles. The van der Waals surface area contributed by atoms with Gasteiger partial charge in [-0.1, -0.05) is 0 Å². The Morgan fingerprint density at radius 2 is 2.00 bits per heavy atom. The molecule has 1 aliphatic rings. The number of furan rings is 1. The average Bonchev–Trinajstić information content (AvgIpc) is 3.40. The topological polar surface area (TPSA) is 60.6 Å². The highest BCUT2D eigenvalue weighted by molar-refractivity contribution is 5.45. The molecule has 0 spiro atoms. The van der Waals surface area contributed by atoms with Crippen LogP contribution in [0.4, 0.5) is 0 Å². The van der Waals surface area contributed by atoms with Gasteiger partial charge in [-0.3, -0.25) is 4.90 Å². The Bertz CT molecular complexity index is 878. The molecular formula is C21H23N3O3. The lowest BCUT2D eigenvalue weighted by molar-refractivity contribution is 0.324. The van der Waals surface area contributed by atoms with Crippen LogP contribution in [0.2, 0.25) is 0 Å². The Balaban J connectivity index is 1.43. The summed E-state index contributed by atoms with van der Waals surface area (Å²) < 4.78 is 16.3. The monoisotopic (exact) mass is 365 g/mol. The second kappa shape index (κ2) is 7.80. The summed E-state index contributed by atoms with van der Waals surface area (Å²) in [6.45, 7) is 2.84. The maximum absolute atomic E-state index is 5.56. The maximum atomic E-state index is 5.56. The van der Waals surface area contributed by atoms with Crippen molar-refractivity contribution in [3.8, 4) is 23.1 Å². The fourth-order valence-corrected chi connectivity index (χ4v) is 3.62. The van der Waals surface area contributed by atoms with Gasteiger partial charge in [0.2, 0.25) is 0 Å². The molecule has 0 amide bonds. The first-order valence-electron chi connectivity index (χ1n) is 9.06. The highest BCUT2D eigenvalue weighted by Crippen LogP contribution is 2.36. The first kappa shape index (κ1) is 17.5. The molecule has 0 bridgehead atoms. The molecule has 6 heteroatoms. The van der Waals surface area contributed by atoms with Crippen molar-refractivity contribution in [2.75, 3.05) is 27.3 Å². The average molecular weight is 365 g/mol. The predicted molar refractivity (Wildman–Crippen MR) is 102 cm³/mol. The number of nitrogens with zero attached hydrogens (tertiary/aromatic N) is 3. The van der Waals surface area contributed by atoms with Gasteiger partial charge in [0.25, 0.3) is 0 Å². The van der Waals surface area contributed by atoms with Gasteiger partial charge < -0.3 is 13.9 Å². The lowest BCUT2D eigenvalue weighted by Gasteiger charge is -2.18. The van der Waals surface area contributed by atoms with Crippen LogP contribution in [-0.4, -0.2) is 42.2 Å². The fourth-order valence-electron chi connectivity index (χ4n) is 3.62. The number of methoxy groups -OCH3 is 2. The number of rotatable bonds is 6. The Morgan fingerprint density at radius 3 is 2.70 bits per heavy atom. The third-order valence-electron chi connectivity index (χ3n) is 5.00. The molecule has 0 radical (unpaired) electrons. The van der Waals surface area contributed by atoms with Gasteiger partial charge in [0, 0.05) is 42.5 Å². The SMILES string of the molecule is COc1ccc(OC)c(C2CCN(Cc3cnc(-c4ccco4)nc3)C2)c1. The Hall–Kier alpha value is -2.86. The van der Waals surface area contributed by atoms with Gasteiger partial charge in [0.1, 0.15) is 11.5 Å². The highest BCUT2D eigenvalue weighted by atomic mass is 16.5. The van der Waals surface area contributed by atoms with Crippen LogP contribution in [0, 0.1) is 0 Å². The van der Waals surface area contributed by atoms with Gasteiger partial charge in [-0.05, 0) is 43.3 Å². The second-order valence-corrected chi connectivity index (χ2v) is 6.72. The summed E-state index contributed by atoms with van der Waals surface area (Å²) in [4.78, 5) is 11.3. The van der Waals surface area contributed by atoms with Crippen molar-refractivity contribution in [3.63, 3.8) is 0 Å². The van der Waals surface area contributed by atoms with E-state index >= 15 is 0 Å². The fraction of sp³-hybridized carbons (Fsp3) is 0.333. The molecular weight excluding hydrogens is 342 g/mol. The summed E-state index contributed by atoms with van der Waals surface area (Å²) in [6.07, 6.45) is 6.48. The number of aromatic nitrogens is 2. The first-order valence-corrected chi connectivity index (χ1v) is 9.06. The highest BCUT2D eigenvalue weighted by Gasteiger charge is 2.26. The number of benzene rings is 1. The zero-order valence-electron chi connectivity index (χ0n) is 15.6. The van der Waals surface area contributed by atoms with E-state index in [0.29, 0.717) is 17.5 Å². The predicted octanol–water partition coefficient (Wildman–Crippen LogP) is 3.74. The molecule has 0 aliphatic carbocycles. The van der Waals surface area contributed by atoms with Crippen LogP contribution >= 0.6 is 0 Å². The summed E-state index contributed by atoms with van der Waals surface area (Å²) in [5.74, 6) is 3.52. The smallest absolute Gasteiger partial charge is 0.195 e. The van der Waals surface area contributed by atoms with Gasteiger partial charge in [0.05, 0.1) is 20.5 Å². The van der Waals surface area contributed by atoms with Crippen molar-refractivity contribution in [2.24, 2.45) is 0 Å². The normalized spacial score (nSPS) is 17.2. The quantitative estimate of drug-likeness (QED) is 0.663. The van der Waals surface area contributed by atoms with Gasteiger partial charge in [-0.2, -0.15) is 0 Å². The number of likely N-dealkylation sites (tertiary alicyclic amines) is 1. The molecule has 27 heavy (non-hydrogen) atoms. The van der Waals surface area contributed by atoms with Crippen LogP contribution in [0.1, 0.15) is 23.5 Å². The Labute approximate surface area is 158 Å². The molecule has 1 aliphatic heterocycles. The lowest BCUT2D eigenvalue weighted by atomic mass is 9.97. The van der Waals surface area contributed by atoms with Crippen LogP contribution in [0.5, 0.6) is 11.5 Å². The molecule has 1 saturated heterocycles. The van der Waals surface area contributed by atoms with Gasteiger partial charge >= 0.3 is 0 Å². The minimum absolute atomic E-state index is 0.429. The van der Waals surface area contributed by atoms with E-state index < -0.39 is 0 Å². The van der Waals surface area contributed by atoms with Crippen LogP contribution in [0.3, 0.4) is 0 Å². The van der Waals surface area contributed by atoms with Gasteiger partial charge in [-0.25, -0.2) is 9.97 Å². The second-order valence-electron chi connectivity index (χ2n) is 6.72. The maximum Gasteiger partial charge on any atom is 0.195 e. The summed E-state index contributed by atoms with van der Waals surface area (Å²) in [5, 5.41) is 0. The van der Waals surface area contributed by atoms with E-state index in [2.05, 4.69) is 20.9 Å². The van der Waals surface area contributed by atoms with E-state index in [9.17, 15) is 0 Å². The van der Waals surface area contributed by atoms with E-state index in [1.54, 1.807) is 20.5 Å². The molecule has 0 saturated carbocycles. The molecule has 1 atom stereocenters. The van der Waals surface area contributed by atoms with Crippen molar-refractivity contribution in [1.29, 1.82) is 0 Å². The summed E-state index contributed by atoms with van der Waals surface area (Å²) in [5.41, 5.74) is 2.31. The van der Waals surface area contributed by atoms with Crippen molar-refractivity contribution >= 4 is 0 Å². The largest absolute Gasteiger partial charge is 0.497 e. The molecule has 0 N–H and O–H groups in total. The lowest BCUT2D eigenvalue weighted by Crippen LogP contribution is -2.20. The van der Waals surface area contributed by atoms with Crippen molar-refractivity contribution < 1.29 is 13.9 Å². The van der Waals surface area contributed by atoms with Crippen LogP contribution in [0.25, 0.3) is 11.6 Å². The standard InChI is InChI=1S/C21H23N3O3/c1-25-17-5-6-19(26-2)18(10-17)16-7-8-24(14-16)13-15-11-22-21(23-12-15)20-4-3-9-27-20/h3-6,9-12,16H,7-8,13-14H2,1-2H3. The van der Waals surface area contributed by atoms with Crippen LogP contribution in [-0.2, 0) is 6.54 Å². The van der Waals surface area contributed by atoms with E-state index in [4.69, 9.17) is 13.9 Å². The molecule has 1 fully saturated rings.